The van der Waals surface area contributed by atoms with E-state index in [2.05, 4.69) is 34.4 Å². The first-order valence-electron chi connectivity index (χ1n) is 8.50. The van der Waals surface area contributed by atoms with Gasteiger partial charge in [-0.15, -0.1) is 0 Å². The number of hydrogen-bond acceptors (Lipinski definition) is 4. The maximum absolute atomic E-state index is 12.4. The maximum Gasteiger partial charge on any atom is 0.272 e. The molecule has 5 nitrogen and oxygen atoms in total. The molecule has 1 unspecified atom stereocenters. The van der Waals surface area contributed by atoms with Gasteiger partial charge in [0, 0.05) is 44.0 Å². The Morgan fingerprint density at radius 3 is 3.00 bits per heavy atom. The van der Waals surface area contributed by atoms with E-state index >= 15 is 0 Å². The number of benzene rings is 1. The second-order valence-corrected chi connectivity index (χ2v) is 6.25. The molecule has 7 heteroatoms. The molecule has 138 valence electrons. The van der Waals surface area contributed by atoms with Crippen molar-refractivity contribution in [3.05, 3.63) is 53.9 Å². The second kappa shape index (κ2) is 8.12. The van der Waals surface area contributed by atoms with Gasteiger partial charge in [0.15, 0.2) is 0 Å². The molecule has 2 heterocycles. The molecule has 1 amide bonds. The van der Waals surface area contributed by atoms with E-state index in [1.807, 2.05) is 12.1 Å². The summed E-state index contributed by atoms with van der Waals surface area (Å²) >= 11 is 0. The summed E-state index contributed by atoms with van der Waals surface area (Å²) in [6, 6.07) is 11.0. The number of aromatic nitrogens is 1. The van der Waals surface area contributed by atoms with Crippen LogP contribution in [0.4, 0.5) is 14.5 Å². The number of amides is 1. The Morgan fingerprint density at radius 1 is 1.38 bits per heavy atom. The Hall–Kier alpha value is -2.70. The Morgan fingerprint density at radius 2 is 2.19 bits per heavy atom. The van der Waals surface area contributed by atoms with Gasteiger partial charge in [0.25, 0.3) is 12.3 Å². The molecule has 0 fully saturated rings. The third-order valence-corrected chi connectivity index (χ3v) is 4.45. The van der Waals surface area contributed by atoms with Crippen LogP contribution in [0.1, 0.15) is 28.4 Å². The first-order valence-corrected chi connectivity index (χ1v) is 8.50. The highest BCUT2D eigenvalue weighted by Crippen LogP contribution is 2.33. The zero-order valence-electron chi connectivity index (χ0n) is 14.5. The molecule has 0 saturated heterocycles. The first-order chi connectivity index (χ1) is 12.5. The third kappa shape index (κ3) is 4.28. The molecule has 0 saturated carbocycles. The normalized spacial score (nSPS) is 16.3. The predicted molar refractivity (Wildman–Crippen MR) is 95.1 cm³/mol. The minimum absolute atomic E-state index is 0.151. The van der Waals surface area contributed by atoms with Crippen molar-refractivity contribution in [3.8, 4) is 5.75 Å². The van der Waals surface area contributed by atoms with Crippen LogP contribution in [0, 0.1) is 0 Å². The van der Waals surface area contributed by atoms with Gasteiger partial charge in [0.05, 0.1) is 0 Å². The average Bonchev–Trinajstić information content (AvgIpc) is 2.66. The Labute approximate surface area is 151 Å². The highest BCUT2D eigenvalue weighted by atomic mass is 19.3. The topological polar surface area (TPSA) is 54.5 Å². The van der Waals surface area contributed by atoms with Crippen LogP contribution in [0.5, 0.6) is 5.75 Å². The number of carbonyl (C=O) groups excluding carboxylic acids is 1. The van der Waals surface area contributed by atoms with Crippen molar-refractivity contribution in [2.24, 2.45) is 0 Å². The predicted octanol–water partition coefficient (Wildman–Crippen LogP) is 3.08. The van der Waals surface area contributed by atoms with Crippen molar-refractivity contribution >= 4 is 11.6 Å². The fourth-order valence-corrected chi connectivity index (χ4v) is 3.11. The summed E-state index contributed by atoms with van der Waals surface area (Å²) in [5.41, 5.74) is 2.54. The highest BCUT2D eigenvalue weighted by molar-refractivity contribution is 5.92. The van der Waals surface area contributed by atoms with E-state index < -0.39 is 13.0 Å². The molecule has 1 atom stereocenters. The molecule has 1 aliphatic heterocycles. The van der Waals surface area contributed by atoms with Gasteiger partial charge in [-0.05, 0) is 24.1 Å². The zero-order chi connectivity index (χ0) is 18.5. The van der Waals surface area contributed by atoms with Crippen LogP contribution in [0.15, 0.2) is 42.6 Å². The number of hydrogen-bond donors (Lipinski definition) is 1. The van der Waals surface area contributed by atoms with Gasteiger partial charge in [-0.3, -0.25) is 9.78 Å². The number of rotatable bonds is 6. The highest BCUT2D eigenvalue weighted by Gasteiger charge is 2.23. The van der Waals surface area contributed by atoms with Crippen LogP contribution in [-0.2, 0) is 0 Å². The summed E-state index contributed by atoms with van der Waals surface area (Å²) in [7, 11) is 2.06. The molecule has 0 radical (unpaired) electrons. The number of ether oxygens (including phenoxy) is 1. The lowest BCUT2D eigenvalue weighted by atomic mass is 9.90. The van der Waals surface area contributed by atoms with Gasteiger partial charge in [-0.2, -0.15) is 0 Å². The lowest BCUT2D eigenvalue weighted by Gasteiger charge is -2.33. The number of alkyl halides is 2. The molecule has 0 aliphatic carbocycles. The summed E-state index contributed by atoms with van der Waals surface area (Å²) < 4.78 is 29.4. The molecule has 3 rings (SSSR count). The second-order valence-electron chi connectivity index (χ2n) is 6.25. The van der Waals surface area contributed by atoms with E-state index in [9.17, 15) is 13.6 Å². The van der Waals surface area contributed by atoms with E-state index in [0.717, 1.165) is 13.0 Å². The first kappa shape index (κ1) is 18.1. The van der Waals surface area contributed by atoms with Gasteiger partial charge in [-0.25, -0.2) is 8.78 Å². The maximum atomic E-state index is 12.4. The van der Waals surface area contributed by atoms with Crippen LogP contribution in [0.25, 0.3) is 0 Å². The van der Waals surface area contributed by atoms with Crippen molar-refractivity contribution in [2.75, 3.05) is 31.6 Å². The average molecular weight is 361 g/mol. The molecule has 1 aromatic heterocycles. The van der Waals surface area contributed by atoms with Gasteiger partial charge >= 0.3 is 0 Å². The fraction of sp³-hybridized carbons (Fsp3) is 0.368. The summed E-state index contributed by atoms with van der Waals surface area (Å²) in [6.45, 7) is 0.706. The number of nitrogens with zero attached hydrogens (tertiary/aromatic N) is 2. The van der Waals surface area contributed by atoms with E-state index in [1.54, 1.807) is 0 Å². The molecule has 1 aromatic carbocycles. The van der Waals surface area contributed by atoms with Crippen LogP contribution < -0.4 is 15.0 Å². The monoisotopic (exact) mass is 361 g/mol. The van der Waals surface area contributed by atoms with E-state index in [0.29, 0.717) is 6.54 Å². The SMILES string of the molecule is CN1CCC(CNC(=O)c2cc(OCC(F)F)ccn2)c2ccccc21. The van der Waals surface area contributed by atoms with Gasteiger partial charge in [0.2, 0.25) is 0 Å². The number of fused-ring (bicyclic) bond motifs is 1. The van der Waals surface area contributed by atoms with Crippen LogP contribution >= 0.6 is 0 Å². The summed E-state index contributed by atoms with van der Waals surface area (Å²) in [6.07, 6.45) is -0.246. The molecule has 1 aliphatic rings. The minimum atomic E-state index is -2.56. The fourth-order valence-electron chi connectivity index (χ4n) is 3.11. The number of halogens is 2. The number of anilines is 1. The van der Waals surface area contributed by atoms with Crippen molar-refractivity contribution in [2.45, 2.75) is 18.8 Å². The van der Waals surface area contributed by atoms with Gasteiger partial charge in [-0.1, -0.05) is 18.2 Å². The van der Waals surface area contributed by atoms with E-state index in [1.165, 1.54) is 29.6 Å². The minimum Gasteiger partial charge on any atom is -0.488 e. The van der Waals surface area contributed by atoms with Crippen LogP contribution in [-0.4, -0.2) is 44.1 Å². The van der Waals surface area contributed by atoms with E-state index in [-0.39, 0.29) is 23.3 Å². The third-order valence-electron chi connectivity index (χ3n) is 4.45. The van der Waals surface area contributed by atoms with Gasteiger partial charge in [0.1, 0.15) is 18.1 Å². The summed E-state index contributed by atoms with van der Waals surface area (Å²) in [5.74, 6) is 0.0867. The van der Waals surface area contributed by atoms with Crippen molar-refractivity contribution in [3.63, 3.8) is 0 Å². The number of pyridine rings is 1. The quantitative estimate of drug-likeness (QED) is 0.859. The van der Waals surface area contributed by atoms with E-state index in [4.69, 9.17) is 4.74 Å². The Bertz CT molecular complexity index is 770. The number of nitrogens with one attached hydrogen (secondary N) is 1. The summed E-state index contributed by atoms with van der Waals surface area (Å²) in [4.78, 5) is 18.6. The molecule has 0 bridgehead atoms. The van der Waals surface area contributed by atoms with Crippen molar-refractivity contribution < 1.29 is 18.3 Å². The van der Waals surface area contributed by atoms with Crippen LogP contribution in [0.3, 0.4) is 0 Å². The summed E-state index contributed by atoms with van der Waals surface area (Å²) in [5, 5.41) is 2.89. The lowest BCUT2D eigenvalue weighted by Crippen LogP contribution is -2.34. The standard InChI is InChI=1S/C19H21F2N3O2/c1-24-9-7-13(15-4-2-3-5-17(15)24)11-23-19(25)16-10-14(6-8-22-16)26-12-18(20)21/h2-6,8,10,13,18H,7,9,11-12H2,1H3,(H,23,25). The number of para-hydroxylation sites is 1. The molecular weight excluding hydrogens is 340 g/mol. The molecule has 26 heavy (non-hydrogen) atoms. The smallest absolute Gasteiger partial charge is 0.272 e. The Balaban J connectivity index is 1.63. The molecule has 1 N–H and O–H groups in total. The number of carbonyl (C=O) groups is 1. The lowest BCUT2D eigenvalue weighted by molar-refractivity contribution is 0.0817. The van der Waals surface area contributed by atoms with Crippen LogP contribution in [0.2, 0.25) is 0 Å². The van der Waals surface area contributed by atoms with Crippen molar-refractivity contribution in [1.82, 2.24) is 10.3 Å². The van der Waals surface area contributed by atoms with Crippen molar-refractivity contribution in [1.29, 1.82) is 0 Å². The molecular formula is C19H21F2N3O2. The molecule has 2 aromatic rings. The largest absolute Gasteiger partial charge is 0.488 e. The zero-order valence-corrected chi connectivity index (χ0v) is 14.5. The Kier molecular flexibility index (Phi) is 5.65. The molecule has 0 spiro atoms. The van der Waals surface area contributed by atoms with Gasteiger partial charge < -0.3 is 15.0 Å².